The van der Waals surface area contributed by atoms with Gasteiger partial charge in [0.15, 0.2) is 0 Å². The molecule has 3 heterocycles. The maximum atomic E-state index is 12.9. The van der Waals surface area contributed by atoms with Gasteiger partial charge in [-0.25, -0.2) is 0 Å². The summed E-state index contributed by atoms with van der Waals surface area (Å²) in [6.07, 6.45) is 6.49. The number of amides is 1. The van der Waals surface area contributed by atoms with Gasteiger partial charge >= 0.3 is 0 Å². The second kappa shape index (κ2) is 8.53. The van der Waals surface area contributed by atoms with E-state index in [1.54, 1.807) is 12.4 Å². The lowest BCUT2D eigenvalue weighted by atomic mass is 10.1. The lowest BCUT2D eigenvalue weighted by molar-refractivity contribution is -0.131. The van der Waals surface area contributed by atoms with Crippen LogP contribution in [0.15, 0.2) is 67.0 Å². The predicted octanol–water partition coefficient (Wildman–Crippen LogP) is 4.63. The molecule has 142 valence electrons. The summed E-state index contributed by atoms with van der Waals surface area (Å²) in [6, 6.07) is 17.8. The molecular formula is C23H22ClN3O. The molecule has 4 rings (SSSR count). The molecular weight excluding hydrogens is 370 g/mol. The van der Waals surface area contributed by atoms with Crippen molar-refractivity contribution in [2.45, 2.75) is 31.7 Å². The zero-order chi connectivity index (χ0) is 19.3. The summed E-state index contributed by atoms with van der Waals surface area (Å²) in [5, 5.41) is 0.754. The number of pyridine rings is 2. The largest absolute Gasteiger partial charge is 0.334 e. The van der Waals surface area contributed by atoms with Gasteiger partial charge in [0, 0.05) is 36.1 Å². The third-order valence-electron chi connectivity index (χ3n) is 5.15. The molecule has 2 aromatic heterocycles. The number of hydrogen-bond donors (Lipinski definition) is 0. The quantitative estimate of drug-likeness (QED) is 0.637. The van der Waals surface area contributed by atoms with Crippen molar-refractivity contribution in [1.29, 1.82) is 0 Å². The second-order valence-electron chi connectivity index (χ2n) is 7.11. The Labute approximate surface area is 170 Å². The smallest absolute Gasteiger partial charge is 0.227 e. The summed E-state index contributed by atoms with van der Waals surface area (Å²) in [7, 11) is 0. The number of rotatable bonds is 5. The van der Waals surface area contributed by atoms with Crippen LogP contribution in [0.4, 0.5) is 0 Å². The number of likely N-dealkylation sites (tertiary alicyclic amines) is 1. The van der Waals surface area contributed by atoms with Crippen LogP contribution in [0.5, 0.6) is 0 Å². The van der Waals surface area contributed by atoms with E-state index in [2.05, 4.69) is 4.98 Å². The monoisotopic (exact) mass is 391 g/mol. The zero-order valence-corrected chi connectivity index (χ0v) is 16.3. The third-order valence-corrected chi connectivity index (χ3v) is 5.52. The van der Waals surface area contributed by atoms with E-state index in [0.29, 0.717) is 12.8 Å². The first kappa shape index (κ1) is 18.6. The fraction of sp³-hybridized carbons (Fsp3) is 0.261. The van der Waals surface area contributed by atoms with Crippen LogP contribution in [0.1, 0.15) is 41.4 Å². The van der Waals surface area contributed by atoms with Crippen molar-refractivity contribution in [2.24, 2.45) is 0 Å². The van der Waals surface area contributed by atoms with Gasteiger partial charge < -0.3 is 4.90 Å². The number of hydrogen-bond acceptors (Lipinski definition) is 3. The zero-order valence-electron chi connectivity index (χ0n) is 15.6. The standard InChI is InChI=1S/C23H22ClN3O/c24-20-9-2-1-7-18(20)15-19-8-3-10-21(26-19)22-11-5-13-27(22)23(28)14-17-6-4-12-25-16-17/h1-4,6-10,12,16,22H,5,11,13-15H2/t22-/m1/s1. The number of halogens is 1. The minimum Gasteiger partial charge on any atom is -0.334 e. The molecule has 1 atom stereocenters. The van der Waals surface area contributed by atoms with Crippen LogP contribution in [0.25, 0.3) is 0 Å². The van der Waals surface area contributed by atoms with E-state index in [1.807, 2.05) is 59.5 Å². The van der Waals surface area contributed by atoms with Crippen molar-refractivity contribution < 1.29 is 4.79 Å². The van der Waals surface area contributed by atoms with E-state index >= 15 is 0 Å². The molecule has 0 saturated carbocycles. The van der Waals surface area contributed by atoms with Crippen molar-refractivity contribution >= 4 is 17.5 Å². The van der Waals surface area contributed by atoms with Gasteiger partial charge in [0.2, 0.25) is 5.91 Å². The van der Waals surface area contributed by atoms with Gasteiger partial charge in [0.25, 0.3) is 0 Å². The van der Waals surface area contributed by atoms with Gasteiger partial charge in [-0.05, 0) is 48.2 Å². The first-order valence-electron chi connectivity index (χ1n) is 9.58. The van der Waals surface area contributed by atoms with E-state index in [1.165, 1.54) is 0 Å². The van der Waals surface area contributed by atoms with E-state index < -0.39 is 0 Å². The van der Waals surface area contributed by atoms with Gasteiger partial charge in [-0.1, -0.05) is 41.9 Å². The highest BCUT2D eigenvalue weighted by Gasteiger charge is 2.30. The Balaban J connectivity index is 1.51. The van der Waals surface area contributed by atoms with Crippen molar-refractivity contribution in [1.82, 2.24) is 14.9 Å². The maximum absolute atomic E-state index is 12.9. The predicted molar refractivity (Wildman–Crippen MR) is 110 cm³/mol. The summed E-state index contributed by atoms with van der Waals surface area (Å²) >= 11 is 6.30. The van der Waals surface area contributed by atoms with Crippen molar-refractivity contribution in [3.05, 3.63) is 94.5 Å². The molecule has 1 aliphatic heterocycles. The molecule has 0 aliphatic carbocycles. The normalized spacial score (nSPS) is 16.3. The fourth-order valence-corrected chi connectivity index (χ4v) is 3.97. The molecule has 5 heteroatoms. The number of benzene rings is 1. The molecule has 1 fully saturated rings. The fourth-order valence-electron chi connectivity index (χ4n) is 3.77. The highest BCUT2D eigenvalue weighted by molar-refractivity contribution is 6.31. The van der Waals surface area contributed by atoms with Crippen molar-refractivity contribution in [3.8, 4) is 0 Å². The Kier molecular flexibility index (Phi) is 5.68. The molecule has 0 unspecified atom stereocenters. The summed E-state index contributed by atoms with van der Waals surface area (Å²) in [6.45, 7) is 0.778. The van der Waals surface area contributed by atoms with Gasteiger partial charge in [-0.3, -0.25) is 14.8 Å². The van der Waals surface area contributed by atoms with Crippen molar-refractivity contribution in [3.63, 3.8) is 0 Å². The molecule has 1 saturated heterocycles. The number of nitrogens with zero attached hydrogens (tertiary/aromatic N) is 3. The molecule has 1 aromatic carbocycles. The maximum Gasteiger partial charge on any atom is 0.227 e. The van der Waals surface area contributed by atoms with E-state index in [0.717, 1.165) is 46.9 Å². The molecule has 0 bridgehead atoms. The first-order chi connectivity index (χ1) is 13.7. The van der Waals surface area contributed by atoms with E-state index in [9.17, 15) is 4.79 Å². The Morgan fingerprint density at radius 3 is 2.82 bits per heavy atom. The number of aromatic nitrogens is 2. The molecule has 1 amide bonds. The third kappa shape index (κ3) is 4.23. The van der Waals surface area contributed by atoms with Crippen LogP contribution < -0.4 is 0 Å². The van der Waals surface area contributed by atoms with Gasteiger partial charge in [0.05, 0.1) is 18.2 Å². The molecule has 0 radical (unpaired) electrons. The Hall–Kier alpha value is -2.72. The van der Waals surface area contributed by atoms with Crippen LogP contribution >= 0.6 is 11.6 Å². The topological polar surface area (TPSA) is 46.1 Å². The Morgan fingerprint density at radius 2 is 2.00 bits per heavy atom. The minimum absolute atomic E-state index is 0.0374. The van der Waals surface area contributed by atoms with Crippen LogP contribution in [-0.4, -0.2) is 27.3 Å². The van der Waals surface area contributed by atoms with E-state index in [4.69, 9.17) is 16.6 Å². The van der Waals surface area contributed by atoms with Crippen molar-refractivity contribution in [2.75, 3.05) is 6.54 Å². The Bertz CT molecular complexity index is 961. The highest BCUT2D eigenvalue weighted by atomic mass is 35.5. The number of carbonyl (C=O) groups excluding carboxylic acids is 1. The molecule has 3 aromatic rings. The molecule has 4 nitrogen and oxygen atoms in total. The molecule has 1 aliphatic rings. The lowest BCUT2D eigenvalue weighted by Crippen LogP contribution is -2.32. The summed E-state index contributed by atoms with van der Waals surface area (Å²) in [5.41, 5.74) is 3.93. The number of carbonyl (C=O) groups is 1. The SMILES string of the molecule is O=C(Cc1cccnc1)N1CCC[C@@H]1c1cccc(Cc2ccccc2Cl)n1. The Morgan fingerprint density at radius 1 is 1.11 bits per heavy atom. The van der Waals surface area contributed by atoms with Crippen LogP contribution in [0, 0.1) is 0 Å². The van der Waals surface area contributed by atoms with Crippen LogP contribution in [0.2, 0.25) is 5.02 Å². The van der Waals surface area contributed by atoms with E-state index in [-0.39, 0.29) is 11.9 Å². The van der Waals surface area contributed by atoms with Gasteiger partial charge in [-0.2, -0.15) is 0 Å². The summed E-state index contributed by atoms with van der Waals surface area (Å²) in [5.74, 6) is 0.133. The average Bonchev–Trinajstić information content (AvgIpc) is 3.21. The van der Waals surface area contributed by atoms with Gasteiger partial charge in [-0.15, -0.1) is 0 Å². The summed E-state index contributed by atoms with van der Waals surface area (Å²) < 4.78 is 0. The van der Waals surface area contributed by atoms with Crippen LogP contribution in [-0.2, 0) is 17.6 Å². The molecule has 0 spiro atoms. The lowest BCUT2D eigenvalue weighted by Gasteiger charge is -2.25. The average molecular weight is 392 g/mol. The summed E-state index contributed by atoms with van der Waals surface area (Å²) in [4.78, 5) is 23.8. The first-order valence-corrected chi connectivity index (χ1v) is 9.96. The minimum atomic E-state index is 0.0374. The van der Waals surface area contributed by atoms with Crippen LogP contribution in [0.3, 0.4) is 0 Å². The van der Waals surface area contributed by atoms with Gasteiger partial charge in [0.1, 0.15) is 0 Å². The second-order valence-corrected chi connectivity index (χ2v) is 7.51. The molecule has 28 heavy (non-hydrogen) atoms. The highest BCUT2D eigenvalue weighted by Crippen LogP contribution is 2.31. The molecule has 0 N–H and O–H groups in total.